The van der Waals surface area contributed by atoms with Gasteiger partial charge in [-0.3, -0.25) is 14.5 Å². The molecule has 1 atom stereocenters. The molecule has 1 amide bonds. The first kappa shape index (κ1) is 21.9. The summed E-state index contributed by atoms with van der Waals surface area (Å²) in [6.07, 6.45) is 0.935. The van der Waals surface area contributed by atoms with Gasteiger partial charge in [-0.2, -0.15) is 4.39 Å². The SMILES string of the molecule is CCc1cc2ccc(CN3CC[C@H](Oc4ccc(C(=O)NC)nc4F)C3)c(F)c2[nH]c1=O. The first-order valence-electron chi connectivity index (χ1n) is 10.5. The van der Waals surface area contributed by atoms with Crippen molar-refractivity contribution in [2.75, 3.05) is 20.1 Å². The molecule has 0 aliphatic carbocycles. The molecular formula is C23H24F2N4O3. The van der Waals surface area contributed by atoms with Crippen LogP contribution in [0.5, 0.6) is 5.75 Å². The number of nitrogens with zero attached hydrogens (tertiary/aromatic N) is 2. The summed E-state index contributed by atoms with van der Waals surface area (Å²) in [5.74, 6) is -1.79. The molecule has 0 radical (unpaired) electrons. The fourth-order valence-electron chi connectivity index (χ4n) is 3.93. The lowest BCUT2D eigenvalue weighted by atomic mass is 10.1. The Balaban J connectivity index is 1.44. The van der Waals surface area contributed by atoms with Crippen LogP contribution in [0.3, 0.4) is 0 Å². The van der Waals surface area contributed by atoms with E-state index in [1.807, 2.05) is 17.9 Å². The summed E-state index contributed by atoms with van der Waals surface area (Å²) >= 11 is 0. The Morgan fingerprint density at radius 3 is 2.81 bits per heavy atom. The van der Waals surface area contributed by atoms with E-state index in [1.54, 1.807) is 12.1 Å². The number of benzene rings is 1. The smallest absolute Gasteiger partial charge is 0.269 e. The number of aromatic amines is 1. The van der Waals surface area contributed by atoms with Crippen molar-refractivity contribution < 1.29 is 18.3 Å². The average molecular weight is 442 g/mol. The zero-order valence-electron chi connectivity index (χ0n) is 17.9. The van der Waals surface area contributed by atoms with Crippen molar-refractivity contribution in [2.45, 2.75) is 32.4 Å². The Morgan fingerprint density at radius 1 is 1.28 bits per heavy atom. The number of likely N-dealkylation sites (tertiary alicyclic amines) is 1. The first-order valence-corrected chi connectivity index (χ1v) is 10.5. The quantitative estimate of drug-likeness (QED) is 0.574. The van der Waals surface area contributed by atoms with E-state index in [0.717, 1.165) is 0 Å². The zero-order chi connectivity index (χ0) is 22.8. The van der Waals surface area contributed by atoms with Gasteiger partial charge in [-0.25, -0.2) is 9.37 Å². The maximum absolute atomic E-state index is 15.0. The van der Waals surface area contributed by atoms with E-state index in [4.69, 9.17) is 4.74 Å². The highest BCUT2D eigenvalue weighted by atomic mass is 19.1. The second-order valence-electron chi connectivity index (χ2n) is 7.81. The molecule has 7 nitrogen and oxygen atoms in total. The van der Waals surface area contributed by atoms with E-state index in [1.165, 1.54) is 19.2 Å². The molecule has 1 aliphatic rings. The minimum atomic E-state index is -0.847. The lowest BCUT2D eigenvalue weighted by Crippen LogP contribution is -2.25. The molecule has 1 fully saturated rings. The molecule has 3 aromatic rings. The Hall–Kier alpha value is -3.33. The van der Waals surface area contributed by atoms with Crippen LogP contribution in [0.15, 0.2) is 35.1 Å². The van der Waals surface area contributed by atoms with Gasteiger partial charge < -0.3 is 15.0 Å². The minimum Gasteiger partial charge on any atom is -0.484 e. The summed E-state index contributed by atoms with van der Waals surface area (Å²) in [4.78, 5) is 31.9. The molecular weight excluding hydrogens is 418 g/mol. The molecule has 0 saturated carbocycles. The lowest BCUT2D eigenvalue weighted by molar-refractivity contribution is 0.0956. The van der Waals surface area contributed by atoms with Gasteiger partial charge in [0.1, 0.15) is 11.8 Å². The highest BCUT2D eigenvalue weighted by molar-refractivity contribution is 5.92. The number of ether oxygens (including phenoxy) is 1. The van der Waals surface area contributed by atoms with E-state index in [-0.39, 0.29) is 28.6 Å². The number of amides is 1. The molecule has 1 aliphatic heterocycles. The summed E-state index contributed by atoms with van der Waals surface area (Å²) in [7, 11) is 1.44. The number of pyridine rings is 2. The van der Waals surface area contributed by atoms with Gasteiger partial charge in [-0.05, 0) is 31.0 Å². The minimum absolute atomic E-state index is 0.0225. The third-order valence-corrected chi connectivity index (χ3v) is 5.69. The number of halogens is 2. The zero-order valence-corrected chi connectivity index (χ0v) is 17.9. The van der Waals surface area contributed by atoms with Crippen LogP contribution in [0, 0.1) is 11.8 Å². The number of rotatable bonds is 6. The highest BCUT2D eigenvalue weighted by Gasteiger charge is 2.26. The molecule has 0 spiro atoms. The summed E-state index contributed by atoms with van der Waals surface area (Å²) in [5, 5.41) is 3.05. The number of aromatic nitrogens is 2. The van der Waals surface area contributed by atoms with Crippen molar-refractivity contribution in [3.63, 3.8) is 0 Å². The largest absolute Gasteiger partial charge is 0.484 e. The number of hydrogen-bond donors (Lipinski definition) is 2. The fourth-order valence-corrected chi connectivity index (χ4v) is 3.93. The number of aryl methyl sites for hydroxylation is 1. The van der Waals surface area contributed by atoms with E-state index in [9.17, 15) is 14.0 Å². The normalized spacial score (nSPS) is 16.4. The van der Waals surface area contributed by atoms with E-state index >= 15 is 4.39 Å². The summed E-state index contributed by atoms with van der Waals surface area (Å²) in [6, 6.07) is 8.05. The highest BCUT2D eigenvalue weighted by Crippen LogP contribution is 2.25. The monoisotopic (exact) mass is 442 g/mol. The second kappa shape index (κ2) is 9.04. The van der Waals surface area contributed by atoms with Crippen LogP contribution in [0.2, 0.25) is 0 Å². The molecule has 32 heavy (non-hydrogen) atoms. The van der Waals surface area contributed by atoms with Crippen LogP contribution >= 0.6 is 0 Å². The van der Waals surface area contributed by atoms with E-state index < -0.39 is 17.7 Å². The molecule has 1 aromatic carbocycles. The number of nitrogens with one attached hydrogen (secondary N) is 2. The molecule has 9 heteroatoms. The first-order chi connectivity index (χ1) is 15.4. The molecule has 2 N–H and O–H groups in total. The predicted octanol–water partition coefficient (Wildman–Crippen LogP) is 2.78. The summed E-state index contributed by atoms with van der Waals surface area (Å²) < 4.78 is 35.0. The number of carbonyl (C=O) groups excluding carboxylic acids is 1. The number of H-pyrrole nitrogens is 1. The van der Waals surface area contributed by atoms with Crippen LogP contribution in [0.4, 0.5) is 8.78 Å². The molecule has 2 aromatic heterocycles. The predicted molar refractivity (Wildman–Crippen MR) is 116 cm³/mol. The van der Waals surface area contributed by atoms with Gasteiger partial charge >= 0.3 is 0 Å². The molecule has 168 valence electrons. The summed E-state index contributed by atoms with van der Waals surface area (Å²) in [6.45, 7) is 3.36. The number of fused-ring (bicyclic) bond motifs is 1. The van der Waals surface area contributed by atoms with Crippen molar-refractivity contribution in [3.05, 3.63) is 69.3 Å². The van der Waals surface area contributed by atoms with Gasteiger partial charge in [0.2, 0.25) is 0 Å². The van der Waals surface area contributed by atoms with Crippen molar-refractivity contribution in [1.29, 1.82) is 0 Å². The fraction of sp³-hybridized carbons (Fsp3) is 0.348. The van der Waals surface area contributed by atoms with Crippen LogP contribution in [0.25, 0.3) is 10.9 Å². The third kappa shape index (κ3) is 4.34. The van der Waals surface area contributed by atoms with E-state index in [2.05, 4.69) is 15.3 Å². The second-order valence-corrected chi connectivity index (χ2v) is 7.81. The van der Waals surface area contributed by atoms with Gasteiger partial charge in [0.15, 0.2) is 11.6 Å². The third-order valence-electron chi connectivity index (χ3n) is 5.69. The Labute approximate surface area is 183 Å². The van der Waals surface area contributed by atoms with Crippen molar-refractivity contribution >= 4 is 16.8 Å². The standard InChI is InChI=1S/C23H24F2N4O3/c1-3-13-10-14-4-5-15(19(24)20(14)28-22(13)30)11-29-9-8-16(12-29)32-18-7-6-17(23(31)26-2)27-21(18)25/h4-7,10,16H,3,8-9,11-12H2,1-2H3,(H,26,31)(H,28,30)/t16-/m0/s1. The van der Waals surface area contributed by atoms with Gasteiger partial charge in [0, 0.05) is 43.2 Å². The maximum Gasteiger partial charge on any atom is 0.269 e. The van der Waals surface area contributed by atoms with Gasteiger partial charge in [0.25, 0.3) is 17.4 Å². The van der Waals surface area contributed by atoms with Crippen molar-refractivity contribution in [3.8, 4) is 5.75 Å². The average Bonchev–Trinajstić information content (AvgIpc) is 3.23. The molecule has 3 heterocycles. The van der Waals surface area contributed by atoms with Crippen LogP contribution in [-0.4, -0.2) is 47.0 Å². The molecule has 4 rings (SSSR count). The maximum atomic E-state index is 15.0. The molecule has 1 saturated heterocycles. The van der Waals surface area contributed by atoms with Crippen molar-refractivity contribution in [2.24, 2.45) is 0 Å². The van der Waals surface area contributed by atoms with Crippen LogP contribution < -0.4 is 15.6 Å². The molecule has 0 unspecified atom stereocenters. The van der Waals surface area contributed by atoms with Crippen LogP contribution in [0.1, 0.15) is 35.0 Å². The van der Waals surface area contributed by atoms with Gasteiger partial charge in [-0.15, -0.1) is 0 Å². The Kier molecular flexibility index (Phi) is 6.18. The van der Waals surface area contributed by atoms with Crippen molar-refractivity contribution in [1.82, 2.24) is 20.2 Å². The summed E-state index contributed by atoms with van der Waals surface area (Å²) in [5.41, 5.74) is 1.00. The van der Waals surface area contributed by atoms with Crippen LogP contribution in [-0.2, 0) is 13.0 Å². The lowest BCUT2D eigenvalue weighted by Gasteiger charge is -2.18. The molecule has 0 bridgehead atoms. The number of carbonyl (C=O) groups is 1. The van der Waals surface area contributed by atoms with Gasteiger partial charge in [0.05, 0.1) is 5.52 Å². The topological polar surface area (TPSA) is 87.3 Å². The van der Waals surface area contributed by atoms with E-state index in [0.29, 0.717) is 49.0 Å². The van der Waals surface area contributed by atoms with Gasteiger partial charge in [-0.1, -0.05) is 19.1 Å². The Morgan fingerprint density at radius 2 is 2.09 bits per heavy atom. The number of hydrogen-bond acceptors (Lipinski definition) is 5. The Bertz CT molecular complexity index is 1230.